The lowest BCUT2D eigenvalue weighted by molar-refractivity contribution is 0.372. The Morgan fingerprint density at radius 2 is 2.00 bits per heavy atom. The highest BCUT2D eigenvalue weighted by Gasteiger charge is 2.08. The van der Waals surface area contributed by atoms with Gasteiger partial charge in [-0.1, -0.05) is 13.8 Å². The molecule has 0 aliphatic rings. The zero-order chi connectivity index (χ0) is 9.84. The summed E-state index contributed by atoms with van der Waals surface area (Å²) in [5, 5.41) is 7.92. The summed E-state index contributed by atoms with van der Waals surface area (Å²) in [5.41, 5.74) is 0. The first-order valence-corrected chi connectivity index (χ1v) is 4.56. The average molecular weight is 183 g/mol. The summed E-state index contributed by atoms with van der Waals surface area (Å²) in [5.74, 6) is 1.78. The molecule has 1 aromatic heterocycles. The van der Waals surface area contributed by atoms with Gasteiger partial charge in [-0.15, -0.1) is 10.2 Å². The van der Waals surface area contributed by atoms with Gasteiger partial charge in [-0.3, -0.25) is 0 Å². The van der Waals surface area contributed by atoms with Crippen LogP contribution in [0.4, 0.5) is 0 Å². The molecule has 0 aromatic carbocycles. The van der Waals surface area contributed by atoms with Gasteiger partial charge in [-0.25, -0.2) is 0 Å². The van der Waals surface area contributed by atoms with Gasteiger partial charge in [-0.2, -0.15) is 0 Å². The van der Waals surface area contributed by atoms with Gasteiger partial charge in [0.1, 0.15) is 0 Å². The Balaban J connectivity index is 2.49. The first-order valence-electron chi connectivity index (χ1n) is 4.56. The van der Waals surface area contributed by atoms with E-state index in [0.29, 0.717) is 5.92 Å². The van der Waals surface area contributed by atoms with Crippen LogP contribution in [-0.4, -0.2) is 35.7 Å². The number of rotatable bonds is 4. The monoisotopic (exact) mass is 183 g/mol. The molecule has 0 bridgehead atoms. The molecule has 4 nitrogen and oxygen atoms in total. The van der Waals surface area contributed by atoms with E-state index in [0.717, 1.165) is 24.7 Å². The average Bonchev–Trinajstić information content (AvgIpc) is 2.48. The second-order valence-electron chi connectivity index (χ2n) is 3.74. The van der Waals surface area contributed by atoms with Crippen LogP contribution in [0.3, 0.4) is 0 Å². The minimum atomic E-state index is 0.320. The predicted octanol–water partition coefficient (Wildman–Crippen LogP) is 1.30. The van der Waals surface area contributed by atoms with E-state index >= 15 is 0 Å². The topological polar surface area (TPSA) is 42.2 Å². The molecule has 1 rings (SSSR count). The van der Waals surface area contributed by atoms with Crippen molar-refractivity contribution in [3.8, 4) is 0 Å². The number of hydrogen-bond acceptors (Lipinski definition) is 4. The van der Waals surface area contributed by atoms with Gasteiger partial charge in [0.15, 0.2) is 0 Å². The fourth-order valence-corrected chi connectivity index (χ4v) is 0.920. The standard InChI is InChI=1S/C9H17N3O/c1-7(2)9-11-10-8(13-9)5-6-12(3)4/h7H,5-6H2,1-4H3. The Kier molecular flexibility index (Phi) is 3.42. The molecule has 0 saturated heterocycles. The van der Waals surface area contributed by atoms with Crippen LogP contribution in [0, 0.1) is 0 Å². The first-order chi connectivity index (χ1) is 6.09. The molecule has 0 N–H and O–H groups in total. The van der Waals surface area contributed by atoms with E-state index in [4.69, 9.17) is 4.42 Å². The minimum Gasteiger partial charge on any atom is -0.425 e. The molecular weight excluding hydrogens is 166 g/mol. The van der Waals surface area contributed by atoms with Gasteiger partial charge in [-0.05, 0) is 14.1 Å². The second kappa shape index (κ2) is 4.37. The van der Waals surface area contributed by atoms with Crippen molar-refractivity contribution >= 4 is 0 Å². The highest BCUT2D eigenvalue weighted by Crippen LogP contribution is 2.11. The SMILES string of the molecule is CC(C)c1nnc(CCN(C)C)o1. The Morgan fingerprint density at radius 1 is 1.31 bits per heavy atom. The number of aromatic nitrogens is 2. The fraction of sp³-hybridized carbons (Fsp3) is 0.778. The van der Waals surface area contributed by atoms with E-state index in [1.807, 2.05) is 27.9 Å². The summed E-state index contributed by atoms with van der Waals surface area (Å²) in [6.07, 6.45) is 0.826. The molecule has 0 spiro atoms. The van der Waals surface area contributed by atoms with Crippen molar-refractivity contribution in [2.24, 2.45) is 0 Å². The molecule has 0 fully saturated rings. The Morgan fingerprint density at radius 3 is 2.46 bits per heavy atom. The van der Waals surface area contributed by atoms with Crippen molar-refractivity contribution in [1.82, 2.24) is 15.1 Å². The summed E-state index contributed by atoms with van der Waals surface area (Å²) in [7, 11) is 4.06. The van der Waals surface area contributed by atoms with E-state index in [-0.39, 0.29) is 0 Å². The summed E-state index contributed by atoms with van der Waals surface area (Å²) >= 11 is 0. The fourth-order valence-electron chi connectivity index (χ4n) is 0.920. The molecule has 4 heteroatoms. The Hall–Kier alpha value is -0.900. The number of hydrogen-bond donors (Lipinski definition) is 0. The molecule has 0 radical (unpaired) electrons. The molecular formula is C9H17N3O. The van der Waals surface area contributed by atoms with Gasteiger partial charge in [0.05, 0.1) is 0 Å². The van der Waals surface area contributed by atoms with Crippen LogP contribution in [0.1, 0.15) is 31.5 Å². The number of nitrogens with zero attached hydrogens (tertiary/aromatic N) is 3. The molecule has 0 aliphatic heterocycles. The number of likely N-dealkylation sites (N-methyl/N-ethyl adjacent to an activating group) is 1. The molecule has 13 heavy (non-hydrogen) atoms. The molecule has 0 saturated carbocycles. The molecule has 0 atom stereocenters. The van der Waals surface area contributed by atoms with Gasteiger partial charge in [0, 0.05) is 18.9 Å². The van der Waals surface area contributed by atoms with E-state index in [1.54, 1.807) is 0 Å². The van der Waals surface area contributed by atoms with Crippen LogP contribution >= 0.6 is 0 Å². The second-order valence-corrected chi connectivity index (χ2v) is 3.74. The van der Waals surface area contributed by atoms with Crippen molar-refractivity contribution in [2.75, 3.05) is 20.6 Å². The normalized spacial score (nSPS) is 11.5. The van der Waals surface area contributed by atoms with Crippen LogP contribution in [-0.2, 0) is 6.42 Å². The summed E-state index contributed by atoms with van der Waals surface area (Å²) in [4.78, 5) is 2.10. The van der Waals surface area contributed by atoms with Crippen molar-refractivity contribution < 1.29 is 4.42 Å². The van der Waals surface area contributed by atoms with E-state index in [9.17, 15) is 0 Å². The van der Waals surface area contributed by atoms with Crippen molar-refractivity contribution in [3.63, 3.8) is 0 Å². The molecule has 0 unspecified atom stereocenters. The van der Waals surface area contributed by atoms with E-state index in [2.05, 4.69) is 15.1 Å². The lowest BCUT2D eigenvalue weighted by Gasteiger charge is -2.05. The van der Waals surface area contributed by atoms with Gasteiger partial charge in [0.2, 0.25) is 11.8 Å². The largest absolute Gasteiger partial charge is 0.425 e. The molecule has 1 heterocycles. The van der Waals surface area contributed by atoms with E-state index in [1.165, 1.54) is 0 Å². The molecule has 1 aromatic rings. The van der Waals surface area contributed by atoms with Gasteiger partial charge < -0.3 is 9.32 Å². The third-order valence-corrected chi connectivity index (χ3v) is 1.75. The Labute approximate surface area is 78.9 Å². The predicted molar refractivity (Wildman–Crippen MR) is 50.6 cm³/mol. The maximum Gasteiger partial charge on any atom is 0.219 e. The van der Waals surface area contributed by atoms with Crippen molar-refractivity contribution in [3.05, 3.63) is 11.8 Å². The minimum absolute atomic E-state index is 0.320. The van der Waals surface area contributed by atoms with Crippen LogP contribution in [0.25, 0.3) is 0 Å². The third kappa shape index (κ3) is 3.14. The zero-order valence-electron chi connectivity index (χ0n) is 8.74. The van der Waals surface area contributed by atoms with Crippen LogP contribution in [0.15, 0.2) is 4.42 Å². The van der Waals surface area contributed by atoms with Crippen LogP contribution in [0.2, 0.25) is 0 Å². The Bertz CT molecular complexity index is 255. The van der Waals surface area contributed by atoms with Crippen molar-refractivity contribution in [1.29, 1.82) is 0 Å². The van der Waals surface area contributed by atoms with E-state index < -0.39 is 0 Å². The molecule has 0 aliphatic carbocycles. The first kappa shape index (κ1) is 10.2. The lowest BCUT2D eigenvalue weighted by Crippen LogP contribution is -2.15. The highest BCUT2D eigenvalue weighted by atomic mass is 16.4. The lowest BCUT2D eigenvalue weighted by atomic mass is 10.2. The maximum atomic E-state index is 5.45. The zero-order valence-corrected chi connectivity index (χ0v) is 8.74. The van der Waals surface area contributed by atoms with Gasteiger partial charge >= 0.3 is 0 Å². The van der Waals surface area contributed by atoms with Crippen LogP contribution in [0.5, 0.6) is 0 Å². The molecule has 74 valence electrons. The quantitative estimate of drug-likeness (QED) is 0.705. The van der Waals surface area contributed by atoms with Gasteiger partial charge in [0.25, 0.3) is 0 Å². The van der Waals surface area contributed by atoms with Crippen LogP contribution < -0.4 is 0 Å². The summed E-state index contributed by atoms with van der Waals surface area (Å²) in [6, 6.07) is 0. The third-order valence-electron chi connectivity index (χ3n) is 1.75. The van der Waals surface area contributed by atoms with Crippen molar-refractivity contribution in [2.45, 2.75) is 26.2 Å². The highest BCUT2D eigenvalue weighted by molar-refractivity contribution is 4.87. The summed E-state index contributed by atoms with van der Waals surface area (Å²) < 4.78 is 5.45. The smallest absolute Gasteiger partial charge is 0.219 e. The maximum absolute atomic E-state index is 5.45. The summed E-state index contributed by atoms with van der Waals surface area (Å²) in [6.45, 7) is 5.03. The molecule has 0 amide bonds.